The second-order valence-electron chi connectivity index (χ2n) is 4.67. The van der Waals surface area contributed by atoms with E-state index in [-0.39, 0.29) is 5.78 Å². The van der Waals surface area contributed by atoms with Gasteiger partial charge in [-0.3, -0.25) is 4.79 Å². The fourth-order valence-electron chi connectivity index (χ4n) is 2.01. The lowest BCUT2D eigenvalue weighted by Gasteiger charge is -2.10. The van der Waals surface area contributed by atoms with Gasteiger partial charge in [-0.1, -0.05) is 29.8 Å². The molecule has 0 saturated heterocycles. The zero-order valence-corrected chi connectivity index (χ0v) is 10.9. The smallest absolute Gasteiger partial charge is 0.195 e. The normalized spacial score (nSPS) is 10.4. The minimum absolute atomic E-state index is 0.00241. The quantitative estimate of drug-likeness (QED) is 0.644. The summed E-state index contributed by atoms with van der Waals surface area (Å²) in [5.74, 6) is -0.00241. The van der Waals surface area contributed by atoms with Crippen LogP contribution >= 0.6 is 0 Å². The molecule has 0 spiro atoms. The molecule has 2 nitrogen and oxygen atoms in total. The number of anilines is 1. The van der Waals surface area contributed by atoms with Crippen molar-refractivity contribution >= 4 is 11.5 Å². The van der Waals surface area contributed by atoms with Crippen LogP contribution in [0.4, 0.5) is 5.69 Å². The van der Waals surface area contributed by atoms with E-state index >= 15 is 0 Å². The first-order valence-corrected chi connectivity index (χ1v) is 5.97. The van der Waals surface area contributed by atoms with Gasteiger partial charge in [0.05, 0.1) is 0 Å². The Morgan fingerprint density at radius 2 is 1.72 bits per heavy atom. The van der Waals surface area contributed by atoms with E-state index in [0.717, 1.165) is 22.3 Å². The van der Waals surface area contributed by atoms with E-state index in [0.29, 0.717) is 11.3 Å². The second kappa shape index (κ2) is 4.65. The molecule has 92 valence electrons. The van der Waals surface area contributed by atoms with Gasteiger partial charge < -0.3 is 5.73 Å². The molecular weight excluding hydrogens is 222 g/mol. The summed E-state index contributed by atoms with van der Waals surface area (Å²) in [4.78, 5) is 12.5. The zero-order chi connectivity index (χ0) is 13.3. The van der Waals surface area contributed by atoms with Crippen LogP contribution in [0.2, 0.25) is 0 Å². The Bertz CT molecular complexity index is 610. The lowest BCUT2D eigenvalue weighted by atomic mass is 9.94. The molecule has 0 aliphatic rings. The van der Waals surface area contributed by atoms with Gasteiger partial charge >= 0.3 is 0 Å². The Labute approximate surface area is 107 Å². The highest BCUT2D eigenvalue weighted by Gasteiger charge is 2.15. The third-order valence-electron chi connectivity index (χ3n) is 3.30. The first-order chi connectivity index (χ1) is 8.50. The van der Waals surface area contributed by atoms with Gasteiger partial charge in [-0.25, -0.2) is 0 Å². The van der Waals surface area contributed by atoms with Crippen LogP contribution in [-0.4, -0.2) is 5.78 Å². The monoisotopic (exact) mass is 239 g/mol. The minimum atomic E-state index is -0.00241. The average molecular weight is 239 g/mol. The Morgan fingerprint density at radius 3 is 2.44 bits per heavy atom. The minimum Gasteiger partial charge on any atom is -0.398 e. The number of benzene rings is 2. The Morgan fingerprint density at radius 1 is 1.00 bits per heavy atom. The number of carbonyl (C=O) groups is 1. The molecule has 0 heterocycles. The van der Waals surface area contributed by atoms with Crippen LogP contribution in [0.25, 0.3) is 0 Å². The van der Waals surface area contributed by atoms with Crippen molar-refractivity contribution in [3.8, 4) is 0 Å². The van der Waals surface area contributed by atoms with Gasteiger partial charge in [-0.2, -0.15) is 0 Å². The first-order valence-electron chi connectivity index (χ1n) is 5.97. The second-order valence-corrected chi connectivity index (χ2v) is 4.67. The van der Waals surface area contributed by atoms with Gasteiger partial charge in [0.15, 0.2) is 5.78 Å². The molecule has 18 heavy (non-hydrogen) atoms. The summed E-state index contributed by atoms with van der Waals surface area (Å²) in [6, 6.07) is 11.3. The van der Waals surface area contributed by atoms with Crippen LogP contribution in [0.15, 0.2) is 36.4 Å². The van der Waals surface area contributed by atoms with Crippen LogP contribution in [0.5, 0.6) is 0 Å². The van der Waals surface area contributed by atoms with E-state index in [4.69, 9.17) is 5.73 Å². The molecule has 0 aliphatic carbocycles. The van der Waals surface area contributed by atoms with Crippen molar-refractivity contribution in [3.05, 3.63) is 64.2 Å². The maximum atomic E-state index is 12.5. The summed E-state index contributed by atoms with van der Waals surface area (Å²) in [6.07, 6.45) is 0. The molecule has 2 aromatic carbocycles. The van der Waals surface area contributed by atoms with E-state index in [1.54, 1.807) is 6.07 Å². The molecule has 2 heteroatoms. The summed E-state index contributed by atoms with van der Waals surface area (Å²) < 4.78 is 0. The molecule has 0 radical (unpaired) electrons. The maximum absolute atomic E-state index is 12.5. The lowest BCUT2D eigenvalue weighted by molar-refractivity contribution is 0.103. The van der Waals surface area contributed by atoms with Crippen LogP contribution in [0, 0.1) is 20.8 Å². The Kier molecular flexibility index (Phi) is 3.19. The van der Waals surface area contributed by atoms with Gasteiger partial charge in [-0.05, 0) is 44.0 Å². The van der Waals surface area contributed by atoms with Gasteiger partial charge in [-0.15, -0.1) is 0 Å². The highest BCUT2D eigenvalue weighted by Crippen LogP contribution is 2.21. The highest BCUT2D eigenvalue weighted by molar-refractivity contribution is 6.13. The Hall–Kier alpha value is -2.09. The van der Waals surface area contributed by atoms with E-state index in [1.165, 1.54) is 0 Å². The summed E-state index contributed by atoms with van der Waals surface area (Å²) in [7, 11) is 0. The molecule has 0 saturated carbocycles. The number of hydrogen-bond donors (Lipinski definition) is 1. The van der Waals surface area contributed by atoms with Crippen LogP contribution in [-0.2, 0) is 0 Å². The van der Waals surface area contributed by atoms with E-state index in [2.05, 4.69) is 0 Å². The molecule has 2 rings (SSSR count). The Balaban J connectivity index is 2.55. The molecule has 0 aliphatic heterocycles. The molecule has 0 bridgehead atoms. The molecule has 0 aromatic heterocycles. The number of ketones is 1. The molecule has 0 atom stereocenters. The van der Waals surface area contributed by atoms with Gasteiger partial charge in [0.25, 0.3) is 0 Å². The van der Waals surface area contributed by atoms with Gasteiger partial charge in [0, 0.05) is 16.8 Å². The number of carbonyl (C=O) groups excluding carboxylic acids is 1. The standard InChI is InChI=1S/C16H17NO/c1-10-7-8-15(17)14(9-10)16(18)13-6-4-5-11(2)12(13)3/h4-9H,17H2,1-3H3. The zero-order valence-electron chi connectivity index (χ0n) is 10.9. The van der Waals surface area contributed by atoms with Crippen molar-refractivity contribution in [2.45, 2.75) is 20.8 Å². The maximum Gasteiger partial charge on any atom is 0.195 e. The van der Waals surface area contributed by atoms with Gasteiger partial charge in [0.2, 0.25) is 0 Å². The van der Waals surface area contributed by atoms with Crippen molar-refractivity contribution in [2.75, 3.05) is 5.73 Å². The summed E-state index contributed by atoms with van der Waals surface area (Å²) in [6.45, 7) is 5.93. The molecule has 0 fully saturated rings. The van der Waals surface area contributed by atoms with E-state index in [9.17, 15) is 4.79 Å². The predicted molar refractivity (Wildman–Crippen MR) is 74.9 cm³/mol. The van der Waals surface area contributed by atoms with Crippen LogP contribution < -0.4 is 5.73 Å². The van der Waals surface area contributed by atoms with Crippen molar-refractivity contribution in [2.24, 2.45) is 0 Å². The van der Waals surface area contributed by atoms with Crippen molar-refractivity contribution in [3.63, 3.8) is 0 Å². The topological polar surface area (TPSA) is 43.1 Å². The van der Waals surface area contributed by atoms with E-state index < -0.39 is 0 Å². The number of nitrogens with two attached hydrogens (primary N) is 1. The number of rotatable bonds is 2. The number of hydrogen-bond acceptors (Lipinski definition) is 2. The predicted octanol–water partition coefficient (Wildman–Crippen LogP) is 3.43. The van der Waals surface area contributed by atoms with Crippen LogP contribution in [0.1, 0.15) is 32.6 Å². The first kappa shape index (κ1) is 12.4. The molecule has 2 aromatic rings. The molecule has 0 unspecified atom stereocenters. The molecule has 2 N–H and O–H groups in total. The highest BCUT2D eigenvalue weighted by atomic mass is 16.1. The van der Waals surface area contributed by atoms with Crippen LogP contribution in [0.3, 0.4) is 0 Å². The average Bonchev–Trinajstić information content (AvgIpc) is 2.35. The van der Waals surface area contributed by atoms with E-state index in [1.807, 2.05) is 51.1 Å². The summed E-state index contributed by atoms with van der Waals surface area (Å²) >= 11 is 0. The third-order valence-corrected chi connectivity index (χ3v) is 3.30. The van der Waals surface area contributed by atoms with Crippen molar-refractivity contribution in [1.82, 2.24) is 0 Å². The van der Waals surface area contributed by atoms with Gasteiger partial charge in [0.1, 0.15) is 0 Å². The van der Waals surface area contributed by atoms with Crippen molar-refractivity contribution in [1.29, 1.82) is 0 Å². The largest absolute Gasteiger partial charge is 0.398 e. The summed E-state index contributed by atoms with van der Waals surface area (Å²) in [5.41, 5.74) is 10.9. The fraction of sp³-hybridized carbons (Fsp3) is 0.188. The SMILES string of the molecule is Cc1ccc(N)c(C(=O)c2cccc(C)c2C)c1. The van der Waals surface area contributed by atoms with Crippen molar-refractivity contribution < 1.29 is 4.79 Å². The lowest BCUT2D eigenvalue weighted by Crippen LogP contribution is -2.08. The molecular formula is C16H17NO. The number of aryl methyl sites for hydroxylation is 2. The third kappa shape index (κ3) is 2.14. The summed E-state index contributed by atoms with van der Waals surface area (Å²) in [5, 5.41) is 0. The molecule has 0 amide bonds. The number of nitrogen functional groups attached to an aromatic ring is 1. The fourth-order valence-corrected chi connectivity index (χ4v) is 2.01.